The predicted octanol–water partition coefficient (Wildman–Crippen LogP) is 4.62. The Hall–Kier alpha value is -0.920. The van der Waals surface area contributed by atoms with Crippen molar-refractivity contribution in [2.24, 2.45) is 22.7 Å². The first-order valence-electron chi connectivity index (χ1n) is 9.20. The van der Waals surface area contributed by atoms with E-state index in [0.717, 1.165) is 44.9 Å². The van der Waals surface area contributed by atoms with Gasteiger partial charge in [0.1, 0.15) is 11.6 Å². The molecule has 0 heterocycles. The summed E-state index contributed by atoms with van der Waals surface area (Å²) < 4.78 is 0. The van der Waals surface area contributed by atoms with E-state index in [2.05, 4.69) is 13.8 Å². The molecule has 0 amide bonds. The van der Waals surface area contributed by atoms with E-state index < -0.39 is 0 Å². The standard InChI is InChI=1S/C20H28O2/c1-19-9-7-13-11-14-3-6-18(22)20(14,2)10-8-16(13)17(19)5-4-15(21)12-19/h13-14H,3-12H2,1-2H3/t13?,14?,19?,20-/m0/s1. The molecular weight excluding hydrogens is 272 g/mol. The lowest BCUT2D eigenvalue weighted by Crippen LogP contribution is -2.34. The van der Waals surface area contributed by atoms with Gasteiger partial charge in [-0.15, -0.1) is 0 Å². The molecule has 0 aliphatic heterocycles. The number of hydrogen-bond donors (Lipinski definition) is 0. The van der Waals surface area contributed by atoms with Gasteiger partial charge in [0.05, 0.1) is 0 Å². The van der Waals surface area contributed by atoms with E-state index in [-0.39, 0.29) is 10.8 Å². The molecule has 0 bridgehead atoms. The van der Waals surface area contributed by atoms with Crippen molar-refractivity contribution >= 4 is 11.6 Å². The predicted molar refractivity (Wildman–Crippen MR) is 86.4 cm³/mol. The molecule has 4 rings (SSSR count). The van der Waals surface area contributed by atoms with E-state index in [1.165, 1.54) is 19.3 Å². The molecule has 4 aliphatic rings. The summed E-state index contributed by atoms with van der Waals surface area (Å²) in [6.07, 6.45) is 10.2. The SMILES string of the molecule is CC12CCC3CC4CCC(=O)[C@@]4(C)CCC3=C1CCC(=O)C2. The number of Topliss-reactive ketones (excluding diaryl/α,β-unsaturated/α-hetero) is 2. The zero-order valence-corrected chi connectivity index (χ0v) is 14.0. The van der Waals surface area contributed by atoms with Crippen molar-refractivity contribution < 1.29 is 9.59 Å². The van der Waals surface area contributed by atoms with Gasteiger partial charge in [0.25, 0.3) is 0 Å². The number of fused-ring (bicyclic) bond motifs is 3. The van der Waals surface area contributed by atoms with Gasteiger partial charge in [-0.1, -0.05) is 25.0 Å². The summed E-state index contributed by atoms with van der Waals surface area (Å²) in [6.45, 7) is 4.56. The number of rotatable bonds is 0. The second kappa shape index (κ2) is 4.79. The van der Waals surface area contributed by atoms with E-state index in [4.69, 9.17) is 0 Å². The lowest BCUT2D eigenvalue weighted by Gasteiger charge is -2.44. The number of hydrogen-bond acceptors (Lipinski definition) is 2. The van der Waals surface area contributed by atoms with E-state index in [9.17, 15) is 9.59 Å². The molecule has 3 unspecified atom stereocenters. The molecule has 0 radical (unpaired) electrons. The highest BCUT2D eigenvalue weighted by Crippen LogP contribution is 2.58. The zero-order chi connectivity index (χ0) is 15.5. The lowest BCUT2D eigenvalue weighted by molar-refractivity contribution is -0.126. The van der Waals surface area contributed by atoms with Gasteiger partial charge in [-0.05, 0) is 62.2 Å². The van der Waals surface area contributed by atoms with Gasteiger partial charge in [-0.25, -0.2) is 0 Å². The molecule has 2 heteroatoms. The van der Waals surface area contributed by atoms with Crippen molar-refractivity contribution in [2.45, 2.75) is 78.1 Å². The summed E-state index contributed by atoms with van der Waals surface area (Å²) in [5.74, 6) is 2.29. The van der Waals surface area contributed by atoms with Crippen LogP contribution in [0.25, 0.3) is 0 Å². The van der Waals surface area contributed by atoms with Crippen LogP contribution in [-0.2, 0) is 9.59 Å². The second-order valence-corrected chi connectivity index (χ2v) is 8.83. The molecule has 4 atom stereocenters. The highest BCUT2D eigenvalue weighted by Gasteiger charge is 2.50. The Bertz CT molecular complexity index is 572. The van der Waals surface area contributed by atoms with E-state index in [1.807, 2.05) is 0 Å². The normalized spacial score (nSPS) is 45.2. The van der Waals surface area contributed by atoms with Gasteiger partial charge in [-0.3, -0.25) is 9.59 Å². The highest BCUT2D eigenvalue weighted by molar-refractivity contribution is 5.87. The van der Waals surface area contributed by atoms with Crippen LogP contribution in [-0.4, -0.2) is 11.6 Å². The van der Waals surface area contributed by atoms with Crippen LogP contribution in [0.3, 0.4) is 0 Å². The number of allylic oxidation sites excluding steroid dienone is 2. The van der Waals surface area contributed by atoms with Crippen molar-refractivity contribution in [3.8, 4) is 0 Å². The van der Waals surface area contributed by atoms with Crippen LogP contribution in [0.4, 0.5) is 0 Å². The molecule has 2 nitrogen and oxygen atoms in total. The fraction of sp³-hybridized carbons (Fsp3) is 0.800. The number of carbonyl (C=O) groups excluding carboxylic acids is 2. The third kappa shape index (κ3) is 1.98. The summed E-state index contributed by atoms with van der Waals surface area (Å²) in [6, 6.07) is 0. The smallest absolute Gasteiger partial charge is 0.139 e. The topological polar surface area (TPSA) is 34.1 Å². The Morgan fingerprint density at radius 2 is 1.77 bits per heavy atom. The van der Waals surface area contributed by atoms with Gasteiger partial charge in [0.15, 0.2) is 0 Å². The molecule has 0 saturated heterocycles. The average Bonchev–Trinajstić information content (AvgIpc) is 2.66. The van der Waals surface area contributed by atoms with Crippen molar-refractivity contribution in [1.82, 2.24) is 0 Å². The molecule has 0 aromatic carbocycles. The summed E-state index contributed by atoms with van der Waals surface area (Å²) in [5, 5.41) is 0. The molecule has 4 aliphatic carbocycles. The summed E-state index contributed by atoms with van der Waals surface area (Å²) in [5.41, 5.74) is 3.39. The minimum Gasteiger partial charge on any atom is -0.300 e. The molecule has 0 spiro atoms. The van der Waals surface area contributed by atoms with Gasteiger partial charge in [0, 0.05) is 24.7 Å². The molecule has 0 aromatic rings. The first kappa shape index (κ1) is 14.7. The molecule has 120 valence electrons. The maximum Gasteiger partial charge on any atom is 0.139 e. The minimum atomic E-state index is -0.0498. The van der Waals surface area contributed by atoms with Crippen LogP contribution in [0.1, 0.15) is 78.1 Å². The Kier molecular flexibility index (Phi) is 3.19. The maximum atomic E-state index is 12.4. The quantitative estimate of drug-likeness (QED) is 0.612. The van der Waals surface area contributed by atoms with E-state index in [1.54, 1.807) is 11.1 Å². The largest absolute Gasteiger partial charge is 0.300 e. The fourth-order valence-corrected chi connectivity index (χ4v) is 6.11. The Morgan fingerprint density at radius 1 is 0.955 bits per heavy atom. The molecule has 3 saturated carbocycles. The molecule has 0 N–H and O–H groups in total. The Balaban J connectivity index is 1.71. The molecular formula is C20H28O2. The van der Waals surface area contributed by atoms with Gasteiger partial charge >= 0.3 is 0 Å². The van der Waals surface area contributed by atoms with Gasteiger partial charge < -0.3 is 0 Å². The monoisotopic (exact) mass is 300 g/mol. The fourth-order valence-electron chi connectivity index (χ4n) is 6.11. The number of carbonyl (C=O) groups is 2. The van der Waals surface area contributed by atoms with Crippen molar-refractivity contribution in [3.05, 3.63) is 11.1 Å². The van der Waals surface area contributed by atoms with Crippen LogP contribution in [0.15, 0.2) is 11.1 Å². The van der Waals surface area contributed by atoms with Crippen molar-refractivity contribution in [2.75, 3.05) is 0 Å². The molecule has 3 fully saturated rings. The van der Waals surface area contributed by atoms with Crippen LogP contribution in [0, 0.1) is 22.7 Å². The van der Waals surface area contributed by atoms with Crippen LogP contribution >= 0.6 is 0 Å². The molecule has 22 heavy (non-hydrogen) atoms. The lowest BCUT2D eigenvalue weighted by atomic mass is 9.60. The van der Waals surface area contributed by atoms with Crippen LogP contribution in [0.2, 0.25) is 0 Å². The first-order chi connectivity index (χ1) is 10.4. The Morgan fingerprint density at radius 3 is 2.59 bits per heavy atom. The number of ketones is 2. The third-order valence-electron chi connectivity index (χ3n) is 7.64. The Labute approximate surface area is 133 Å². The first-order valence-corrected chi connectivity index (χ1v) is 9.20. The molecule has 0 aromatic heterocycles. The minimum absolute atomic E-state index is 0.0498. The van der Waals surface area contributed by atoms with Crippen molar-refractivity contribution in [3.63, 3.8) is 0 Å². The van der Waals surface area contributed by atoms with Crippen LogP contribution < -0.4 is 0 Å². The van der Waals surface area contributed by atoms with E-state index >= 15 is 0 Å². The second-order valence-electron chi connectivity index (χ2n) is 8.83. The van der Waals surface area contributed by atoms with E-state index in [0.29, 0.717) is 23.4 Å². The van der Waals surface area contributed by atoms with Gasteiger partial charge in [0.2, 0.25) is 0 Å². The van der Waals surface area contributed by atoms with Crippen LogP contribution in [0.5, 0.6) is 0 Å². The summed E-state index contributed by atoms with van der Waals surface area (Å²) in [4.78, 5) is 24.4. The highest BCUT2D eigenvalue weighted by atomic mass is 16.1. The average molecular weight is 300 g/mol. The maximum absolute atomic E-state index is 12.4. The van der Waals surface area contributed by atoms with Gasteiger partial charge in [-0.2, -0.15) is 0 Å². The summed E-state index contributed by atoms with van der Waals surface area (Å²) in [7, 11) is 0. The van der Waals surface area contributed by atoms with Crippen molar-refractivity contribution in [1.29, 1.82) is 0 Å². The third-order valence-corrected chi connectivity index (χ3v) is 7.64. The summed E-state index contributed by atoms with van der Waals surface area (Å²) >= 11 is 0. The zero-order valence-electron chi connectivity index (χ0n) is 14.0.